The van der Waals surface area contributed by atoms with Crippen molar-refractivity contribution in [1.82, 2.24) is 4.98 Å². The van der Waals surface area contributed by atoms with E-state index in [0.29, 0.717) is 11.6 Å². The lowest BCUT2D eigenvalue weighted by molar-refractivity contribution is 0.0776. The average Bonchev–Trinajstić information content (AvgIpc) is 3.73. The van der Waals surface area contributed by atoms with E-state index in [-0.39, 0.29) is 5.41 Å². The van der Waals surface area contributed by atoms with Crippen LogP contribution < -0.4 is 0 Å². The molecule has 204 valence electrons. The Morgan fingerprint density at radius 2 is 1.72 bits per heavy atom. The van der Waals surface area contributed by atoms with Crippen LogP contribution in [0.1, 0.15) is 61.1 Å². The quantitative estimate of drug-likeness (QED) is 0.181. The molecule has 1 aliphatic rings. The number of fused-ring (bicyclic) bond motifs is 1. The highest BCUT2D eigenvalue weighted by molar-refractivity contribution is 7.80. The Morgan fingerprint density at radius 1 is 0.949 bits per heavy atom. The first-order valence-electron chi connectivity index (χ1n) is 13.6. The maximum atomic E-state index is 10.4. The van der Waals surface area contributed by atoms with Gasteiger partial charge in [0, 0.05) is 22.4 Å². The van der Waals surface area contributed by atoms with Crippen LogP contribution in [0.25, 0.3) is 23.1 Å². The topological polar surface area (TPSA) is 53.4 Å². The van der Waals surface area contributed by atoms with Gasteiger partial charge in [-0.25, -0.2) is 4.98 Å². The molecule has 2 N–H and O–H groups in total. The molecular weight excluding hydrogens is 522 g/mol. The molecular formula is C34H38ClNO2S. The number of benzene rings is 3. The molecule has 0 unspecified atom stereocenters. The lowest BCUT2D eigenvalue weighted by Gasteiger charge is -2.21. The highest BCUT2D eigenvalue weighted by Gasteiger charge is 2.40. The number of hydrogen-bond acceptors (Lipinski definition) is 4. The Morgan fingerprint density at radius 3 is 2.41 bits per heavy atom. The maximum Gasteiger partial charge on any atom is 0.0843 e. The summed E-state index contributed by atoms with van der Waals surface area (Å²) in [6.07, 6.45) is 9.47. The van der Waals surface area contributed by atoms with Crippen LogP contribution in [-0.2, 0) is 18.4 Å². The summed E-state index contributed by atoms with van der Waals surface area (Å²) in [6, 6.07) is 26.7. The predicted molar refractivity (Wildman–Crippen MR) is 168 cm³/mol. The monoisotopic (exact) mass is 559 g/mol. The first-order chi connectivity index (χ1) is 18.7. The Kier molecular flexibility index (Phi) is 9.90. The van der Waals surface area contributed by atoms with E-state index in [1.54, 1.807) is 0 Å². The van der Waals surface area contributed by atoms with E-state index in [9.17, 15) is 5.11 Å². The first kappa shape index (κ1) is 29.4. The molecule has 39 heavy (non-hydrogen) atoms. The first-order valence-corrected chi connectivity index (χ1v) is 14.6. The van der Waals surface area contributed by atoms with Crippen LogP contribution in [0.5, 0.6) is 0 Å². The average molecular weight is 560 g/mol. The molecule has 0 bridgehead atoms. The molecule has 0 spiro atoms. The van der Waals surface area contributed by atoms with E-state index >= 15 is 0 Å². The van der Waals surface area contributed by atoms with Gasteiger partial charge < -0.3 is 10.2 Å². The molecule has 0 aliphatic heterocycles. The van der Waals surface area contributed by atoms with Crippen molar-refractivity contribution < 1.29 is 10.2 Å². The fourth-order valence-corrected chi connectivity index (χ4v) is 5.18. The van der Waals surface area contributed by atoms with Gasteiger partial charge in [0.1, 0.15) is 0 Å². The maximum absolute atomic E-state index is 10.4. The van der Waals surface area contributed by atoms with Crippen LogP contribution in [0.4, 0.5) is 0 Å². The summed E-state index contributed by atoms with van der Waals surface area (Å²) in [6.45, 7) is 4.03. The summed E-state index contributed by atoms with van der Waals surface area (Å²) in [7, 11) is 0. The SMILES string of the molecule is CC(C)(O)c1ccccc1CCCc1cccc(/C=C/c2ccc3ccc(Cl)cc3n2)c1.OCC1(CS)CC1. The van der Waals surface area contributed by atoms with Crippen LogP contribution in [0.3, 0.4) is 0 Å². The zero-order valence-corrected chi connectivity index (χ0v) is 24.4. The van der Waals surface area contributed by atoms with Gasteiger partial charge in [0.25, 0.3) is 0 Å². The van der Waals surface area contributed by atoms with Gasteiger partial charge in [0.15, 0.2) is 0 Å². The number of halogens is 1. The van der Waals surface area contributed by atoms with Crippen molar-refractivity contribution in [2.75, 3.05) is 12.4 Å². The highest BCUT2D eigenvalue weighted by atomic mass is 35.5. The molecule has 1 aliphatic carbocycles. The summed E-state index contributed by atoms with van der Waals surface area (Å²) in [5, 5.41) is 20.8. The van der Waals surface area contributed by atoms with Crippen molar-refractivity contribution in [3.05, 3.63) is 112 Å². The number of thiol groups is 1. The second kappa shape index (κ2) is 13.1. The molecule has 1 fully saturated rings. The second-order valence-electron chi connectivity index (χ2n) is 11.0. The molecule has 3 aromatic carbocycles. The van der Waals surface area contributed by atoms with Crippen molar-refractivity contribution in [2.24, 2.45) is 5.41 Å². The molecule has 0 radical (unpaired) electrons. The van der Waals surface area contributed by atoms with Gasteiger partial charge in [0.2, 0.25) is 0 Å². The van der Waals surface area contributed by atoms with Gasteiger partial charge in [0.05, 0.1) is 16.8 Å². The molecule has 3 nitrogen and oxygen atoms in total. The van der Waals surface area contributed by atoms with Gasteiger partial charge in [-0.1, -0.05) is 78.3 Å². The number of hydrogen-bond donors (Lipinski definition) is 3. The Balaban J connectivity index is 0.000000438. The smallest absolute Gasteiger partial charge is 0.0843 e. The van der Waals surface area contributed by atoms with Crippen LogP contribution in [0.15, 0.2) is 78.9 Å². The summed E-state index contributed by atoms with van der Waals surface area (Å²) in [5.74, 6) is 0.851. The molecule has 5 heteroatoms. The molecule has 0 atom stereocenters. The van der Waals surface area contributed by atoms with Crippen LogP contribution in [0, 0.1) is 5.41 Å². The Labute approximate surface area is 243 Å². The van der Waals surface area contributed by atoms with Crippen molar-refractivity contribution in [3.8, 4) is 0 Å². The second-order valence-corrected chi connectivity index (χ2v) is 11.8. The van der Waals surface area contributed by atoms with Gasteiger partial charge >= 0.3 is 0 Å². The number of nitrogens with zero attached hydrogens (tertiary/aromatic N) is 1. The minimum atomic E-state index is -0.816. The molecule has 0 amide bonds. The van der Waals surface area contributed by atoms with E-state index in [1.165, 1.54) is 24.0 Å². The third-order valence-corrected chi connectivity index (χ3v) is 8.20. The van der Waals surface area contributed by atoms with Crippen LogP contribution >= 0.6 is 24.2 Å². The predicted octanol–water partition coefficient (Wildman–Crippen LogP) is 8.15. The largest absolute Gasteiger partial charge is 0.396 e. The van der Waals surface area contributed by atoms with Gasteiger partial charge in [-0.05, 0) is 98.2 Å². The van der Waals surface area contributed by atoms with Crippen molar-refractivity contribution in [2.45, 2.75) is 51.6 Å². The standard InChI is InChI=1S/C29H28ClNO.C5H10OS/c1-29(2,32)27-12-4-3-10-23(27)11-6-9-21-7-5-8-22(19-21)13-17-26-18-15-24-14-16-25(30)20-28(24)31-26;6-3-5(4-7)1-2-5/h3-5,7-8,10,12-20,32H,6,9,11H2,1-2H3;6-7H,1-4H2/b17-13+;. The molecule has 5 rings (SSSR count). The minimum Gasteiger partial charge on any atom is -0.396 e. The number of aliphatic hydroxyl groups is 2. The van der Waals surface area contributed by atoms with E-state index in [1.807, 2.05) is 62.4 Å². The minimum absolute atomic E-state index is 0.253. The molecule has 4 aromatic rings. The van der Waals surface area contributed by atoms with Gasteiger partial charge in [-0.2, -0.15) is 12.6 Å². The van der Waals surface area contributed by atoms with E-state index in [0.717, 1.165) is 52.7 Å². The van der Waals surface area contributed by atoms with E-state index in [4.69, 9.17) is 21.7 Å². The third-order valence-electron chi connectivity index (χ3n) is 7.29. The lowest BCUT2D eigenvalue weighted by Crippen LogP contribution is -2.18. The molecule has 1 saturated carbocycles. The number of aliphatic hydroxyl groups excluding tert-OH is 1. The summed E-state index contributed by atoms with van der Waals surface area (Å²) < 4.78 is 0. The highest BCUT2D eigenvalue weighted by Crippen LogP contribution is 2.45. The zero-order valence-electron chi connectivity index (χ0n) is 22.8. The number of aromatic nitrogens is 1. The number of aryl methyl sites for hydroxylation is 2. The fraction of sp³-hybridized carbons (Fsp3) is 0.324. The lowest BCUT2D eigenvalue weighted by atomic mass is 9.90. The Bertz CT molecular complexity index is 1420. The number of rotatable bonds is 9. The molecule has 0 saturated heterocycles. The van der Waals surface area contributed by atoms with Crippen molar-refractivity contribution >= 4 is 47.3 Å². The molecule has 1 aromatic heterocycles. The van der Waals surface area contributed by atoms with E-state index in [2.05, 4.69) is 55.1 Å². The van der Waals surface area contributed by atoms with Gasteiger partial charge in [-0.15, -0.1) is 0 Å². The summed E-state index contributed by atoms with van der Waals surface area (Å²) in [4.78, 5) is 4.69. The van der Waals surface area contributed by atoms with E-state index < -0.39 is 5.60 Å². The van der Waals surface area contributed by atoms with Crippen LogP contribution in [0.2, 0.25) is 5.02 Å². The number of pyridine rings is 1. The summed E-state index contributed by atoms with van der Waals surface area (Å²) >= 11 is 10.2. The third kappa shape index (κ3) is 8.43. The van der Waals surface area contributed by atoms with Crippen molar-refractivity contribution in [3.63, 3.8) is 0 Å². The van der Waals surface area contributed by atoms with Crippen LogP contribution in [-0.4, -0.2) is 27.6 Å². The molecule has 1 heterocycles. The fourth-order valence-electron chi connectivity index (χ4n) is 4.59. The summed E-state index contributed by atoms with van der Waals surface area (Å²) in [5.41, 5.74) is 5.96. The Hall–Kier alpha value is -2.63. The zero-order chi connectivity index (χ0) is 27.9. The normalized spacial score (nSPS) is 14.3. The van der Waals surface area contributed by atoms with Crippen molar-refractivity contribution in [1.29, 1.82) is 0 Å². The van der Waals surface area contributed by atoms with Gasteiger partial charge in [-0.3, -0.25) is 0 Å².